The van der Waals surface area contributed by atoms with Gasteiger partial charge in [-0.15, -0.1) is 0 Å². The largest absolute Gasteiger partial charge is 0.356 e. The Kier molecular flexibility index (Phi) is 7.32. The van der Waals surface area contributed by atoms with Gasteiger partial charge in [0, 0.05) is 49.7 Å². The standard InChI is InChI=1S/C16H23N5OS/c1-17-16(18-9-5-12-21-13-6-10-20-21)19-11-14-23(22)15-7-3-2-4-8-15/h2-4,6-8,10,13H,5,9,11-12,14H2,1H3,(H2,17,18,19). The predicted molar refractivity (Wildman–Crippen MR) is 93.9 cm³/mol. The minimum Gasteiger partial charge on any atom is -0.356 e. The third-order valence-electron chi connectivity index (χ3n) is 3.23. The van der Waals surface area contributed by atoms with Crippen LogP contribution in [0.2, 0.25) is 0 Å². The molecule has 1 aromatic heterocycles. The van der Waals surface area contributed by atoms with Crippen molar-refractivity contribution in [1.29, 1.82) is 0 Å². The Balaban J connectivity index is 1.62. The van der Waals surface area contributed by atoms with Crippen LogP contribution in [0, 0.1) is 0 Å². The lowest BCUT2D eigenvalue weighted by molar-refractivity contribution is 0.570. The van der Waals surface area contributed by atoms with E-state index in [1.807, 2.05) is 47.3 Å². The quantitative estimate of drug-likeness (QED) is 0.433. The van der Waals surface area contributed by atoms with E-state index >= 15 is 0 Å². The maximum atomic E-state index is 12.1. The lowest BCUT2D eigenvalue weighted by Gasteiger charge is -2.11. The summed E-state index contributed by atoms with van der Waals surface area (Å²) in [7, 11) is 0.747. The summed E-state index contributed by atoms with van der Waals surface area (Å²) in [6.45, 7) is 2.29. The first-order chi connectivity index (χ1) is 11.3. The lowest BCUT2D eigenvalue weighted by Crippen LogP contribution is -2.39. The molecule has 0 aliphatic carbocycles. The smallest absolute Gasteiger partial charge is 0.191 e. The minimum atomic E-state index is -0.986. The number of nitrogens with zero attached hydrogens (tertiary/aromatic N) is 3. The van der Waals surface area contributed by atoms with Gasteiger partial charge in [0.2, 0.25) is 0 Å². The molecule has 1 aromatic carbocycles. The molecule has 124 valence electrons. The van der Waals surface area contributed by atoms with E-state index in [9.17, 15) is 4.21 Å². The van der Waals surface area contributed by atoms with Crippen LogP contribution < -0.4 is 10.6 Å². The Labute approximate surface area is 139 Å². The lowest BCUT2D eigenvalue weighted by atomic mass is 10.4. The predicted octanol–water partition coefficient (Wildman–Crippen LogP) is 1.25. The van der Waals surface area contributed by atoms with Crippen LogP contribution >= 0.6 is 0 Å². The SMILES string of the molecule is CN=C(NCCCn1cccn1)NCCS(=O)c1ccccc1. The zero-order valence-corrected chi connectivity index (χ0v) is 14.1. The van der Waals surface area contributed by atoms with Gasteiger partial charge in [-0.25, -0.2) is 0 Å². The fourth-order valence-electron chi connectivity index (χ4n) is 2.05. The summed E-state index contributed by atoms with van der Waals surface area (Å²) >= 11 is 0. The average molecular weight is 333 g/mol. The van der Waals surface area contributed by atoms with E-state index in [-0.39, 0.29) is 0 Å². The van der Waals surface area contributed by atoms with Crippen LogP contribution in [0.1, 0.15) is 6.42 Å². The second-order valence-corrected chi connectivity index (χ2v) is 6.48. The summed E-state index contributed by atoms with van der Waals surface area (Å²) in [4.78, 5) is 5.02. The normalized spacial score (nSPS) is 12.8. The summed E-state index contributed by atoms with van der Waals surface area (Å²) in [6, 6.07) is 11.4. The minimum absolute atomic E-state index is 0.554. The van der Waals surface area contributed by atoms with Crippen molar-refractivity contribution in [2.24, 2.45) is 4.99 Å². The molecular formula is C16H23N5OS. The van der Waals surface area contributed by atoms with Crippen LogP contribution in [0.4, 0.5) is 0 Å². The summed E-state index contributed by atoms with van der Waals surface area (Å²) in [5.41, 5.74) is 0. The molecule has 6 nitrogen and oxygen atoms in total. The highest BCUT2D eigenvalue weighted by Gasteiger charge is 2.03. The molecule has 2 rings (SSSR count). The molecule has 23 heavy (non-hydrogen) atoms. The monoisotopic (exact) mass is 333 g/mol. The second-order valence-electron chi connectivity index (χ2n) is 4.91. The van der Waals surface area contributed by atoms with Gasteiger partial charge in [0.1, 0.15) is 0 Å². The molecule has 0 spiro atoms. The van der Waals surface area contributed by atoms with Crippen molar-refractivity contribution in [3.8, 4) is 0 Å². The van der Waals surface area contributed by atoms with Gasteiger partial charge >= 0.3 is 0 Å². The number of aryl methyl sites for hydroxylation is 1. The number of aliphatic imine (C=N–C) groups is 1. The number of hydrogen-bond donors (Lipinski definition) is 2. The van der Waals surface area contributed by atoms with Gasteiger partial charge in [0.05, 0.1) is 10.8 Å². The summed E-state index contributed by atoms with van der Waals surface area (Å²) in [5.74, 6) is 1.29. The van der Waals surface area contributed by atoms with Crippen molar-refractivity contribution < 1.29 is 4.21 Å². The molecule has 2 aromatic rings. The van der Waals surface area contributed by atoms with E-state index < -0.39 is 10.8 Å². The zero-order valence-electron chi connectivity index (χ0n) is 13.3. The molecule has 0 fully saturated rings. The fourth-order valence-corrected chi connectivity index (χ4v) is 3.04. The van der Waals surface area contributed by atoms with Crippen LogP contribution in [-0.4, -0.2) is 45.8 Å². The van der Waals surface area contributed by atoms with E-state index in [1.54, 1.807) is 13.2 Å². The number of hydrogen-bond acceptors (Lipinski definition) is 3. The van der Waals surface area contributed by atoms with Crippen LogP contribution in [-0.2, 0) is 17.3 Å². The Morgan fingerprint density at radius 3 is 2.70 bits per heavy atom. The first kappa shape index (κ1) is 17.2. The first-order valence-corrected chi connectivity index (χ1v) is 8.97. The van der Waals surface area contributed by atoms with Gasteiger partial charge in [0.15, 0.2) is 5.96 Å². The third-order valence-corrected chi connectivity index (χ3v) is 4.60. The van der Waals surface area contributed by atoms with E-state index in [0.29, 0.717) is 12.3 Å². The van der Waals surface area contributed by atoms with Crippen LogP contribution in [0.25, 0.3) is 0 Å². The molecule has 0 amide bonds. The molecule has 0 bridgehead atoms. The fraction of sp³-hybridized carbons (Fsp3) is 0.375. The molecule has 1 heterocycles. The van der Waals surface area contributed by atoms with Crippen LogP contribution in [0.5, 0.6) is 0 Å². The molecule has 0 aliphatic heterocycles. The Bertz CT molecular complexity index is 613. The molecule has 7 heteroatoms. The van der Waals surface area contributed by atoms with Crippen molar-refractivity contribution >= 4 is 16.8 Å². The number of nitrogens with one attached hydrogen (secondary N) is 2. The molecule has 0 radical (unpaired) electrons. The number of rotatable bonds is 8. The molecule has 0 aliphatic rings. The maximum absolute atomic E-state index is 12.1. The Hall–Kier alpha value is -2.15. The van der Waals surface area contributed by atoms with Gasteiger partial charge < -0.3 is 10.6 Å². The van der Waals surface area contributed by atoms with Gasteiger partial charge in [-0.3, -0.25) is 13.9 Å². The van der Waals surface area contributed by atoms with Gasteiger partial charge in [-0.2, -0.15) is 5.10 Å². The zero-order chi connectivity index (χ0) is 16.3. The number of guanidine groups is 1. The van der Waals surface area contributed by atoms with Crippen molar-refractivity contribution in [3.05, 3.63) is 48.8 Å². The van der Waals surface area contributed by atoms with Crippen molar-refractivity contribution in [2.75, 3.05) is 25.9 Å². The topological polar surface area (TPSA) is 71.3 Å². The second kappa shape index (κ2) is 9.78. The molecule has 2 N–H and O–H groups in total. The van der Waals surface area contributed by atoms with E-state index in [4.69, 9.17) is 0 Å². The van der Waals surface area contributed by atoms with Crippen molar-refractivity contribution in [3.63, 3.8) is 0 Å². The molecular weight excluding hydrogens is 310 g/mol. The average Bonchev–Trinajstić information content (AvgIpc) is 3.11. The van der Waals surface area contributed by atoms with Crippen LogP contribution in [0.3, 0.4) is 0 Å². The third kappa shape index (κ3) is 6.23. The van der Waals surface area contributed by atoms with Gasteiger partial charge in [-0.05, 0) is 24.6 Å². The van der Waals surface area contributed by atoms with Gasteiger partial charge in [-0.1, -0.05) is 18.2 Å². The molecule has 1 unspecified atom stereocenters. The Morgan fingerprint density at radius 1 is 1.22 bits per heavy atom. The van der Waals surface area contributed by atoms with E-state index in [0.717, 1.165) is 30.4 Å². The van der Waals surface area contributed by atoms with Crippen LogP contribution in [0.15, 0.2) is 58.7 Å². The summed E-state index contributed by atoms with van der Waals surface area (Å²) in [6.07, 6.45) is 4.69. The van der Waals surface area contributed by atoms with E-state index in [1.165, 1.54) is 0 Å². The van der Waals surface area contributed by atoms with Crippen molar-refractivity contribution in [2.45, 2.75) is 17.9 Å². The highest BCUT2D eigenvalue weighted by atomic mass is 32.2. The molecule has 0 saturated carbocycles. The number of benzene rings is 1. The van der Waals surface area contributed by atoms with E-state index in [2.05, 4.69) is 20.7 Å². The highest BCUT2D eigenvalue weighted by molar-refractivity contribution is 7.85. The summed E-state index contributed by atoms with van der Waals surface area (Å²) < 4.78 is 14.0. The highest BCUT2D eigenvalue weighted by Crippen LogP contribution is 2.04. The first-order valence-electron chi connectivity index (χ1n) is 7.65. The van der Waals surface area contributed by atoms with Crippen molar-refractivity contribution in [1.82, 2.24) is 20.4 Å². The maximum Gasteiger partial charge on any atom is 0.191 e. The summed E-state index contributed by atoms with van der Waals surface area (Å²) in [5, 5.41) is 10.6. The molecule has 0 saturated heterocycles. The molecule has 1 atom stereocenters. The Morgan fingerprint density at radius 2 is 2.00 bits per heavy atom. The van der Waals surface area contributed by atoms with Gasteiger partial charge in [0.25, 0.3) is 0 Å². The number of aromatic nitrogens is 2.